The molecule has 1 N–H and O–H groups in total. The third-order valence-electron chi connectivity index (χ3n) is 4.76. The zero-order valence-electron chi connectivity index (χ0n) is 12.4. The zero-order chi connectivity index (χ0) is 14.1. The third kappa shape index (κ3) is 2.47. The Labute approximate surface area is 121 Å². The number of rotatable bonds is 1. The van der Waals surface area contributed by atoms with Gasteiger partial charge in [0, 0.05) is 19.1 Å². The number of hydrogen-bond acceptors (Lipinski definition) is 2. The predicted octanol–water partition coefficient (Wildman–Crippen LogP) is 2.52. The first-order valence-corrected chi connectivity index (χ1v) is 7.78. The summed E-state index contributed by atoms with van der Waals surface area (Å²) in [5.41, 5.74) is 2.50. The largest absolute Gasteiger partial charge is 0.338 e. The van der Waals surface area contributed by atoms with Crippen LogP contribution in [-0.2, 0) is 11.2 Å². The highest BCUT2D eigenvalue weighted by atomic mass is 16.2. The Morgan fingerprint density at radius 3 is 2.90 bits per heavy atom. The van der Waals surface area contributed by atoms with Gasteiger partial charge in [-0.05, 0) is 43.2 Å². The van der Waals surface area contributed by atoms with E-state index in [-0.39, 0.29) is 11.9 Å². The number of likely N-dealkylation sites (tertiary alicyclic amines) is 1. The van der Waals surface area contributed by atoms with E-state index in [0.717, 1.165) is 25.9 Å². The van der Waals surface area contributed by atoms with Gasteiger partial charge in [0.25, 0.3) is 0 Å². The second-order valence-corrected chi connectivity index (χ2v) is 6.36. The molecule has 0 spiro atoms. The molecule has 1 amide bonds. The lowest BCUT2D eigenvalue weighted by molar-refractivity contribution is -0.138. The molecule has 0 aliphatic carbocycles. The van der Waals surface area contributed by atoms with Gasteiger partial charge in [-0.25, -0.2) is 0 Å². The van der Waals surface area contributed by atoms with Crippen LogP contribution in [0.2, 0.25) is 0 Å². The fraction of sp³-hybridized carbons (Fsp3) is 0.588. The number of nitrogens with zero attached hydrogens (tertiary/aromatic N) is 1. The van der Waals surface area contributed by atoms with Gasteiger partial charge in [0.2, 0.25) is 5.91 Å². The van der Waals surface area contributed by atoms with Gasteiger partial charge in [0.1, 0.15) is 6.04 Å². The molecule has 3 nitrogen and oxygen atoms in total. The lowest BCUT2D eigenvalue weighted by Gasteiger charge is -2.40. The number of carbonyl (C=O) groups is 1. The molecular weight excluding hydrogens is 248 g/mol. The van der Waals surface area contributed by atoms with Crippen LogP contribution in [0.1, 0.15) is 43.9 Å². The maximum absolute atomic E-state index is 12.9. The minimum absolute atomic E-state index is 0.146. The first-order valence-electron chi connectivity index (χ1n) is 7.78. The summed E-state index contributed by atoms with van der Waals surface area (Å²) < 4.78 is 0. The van der Waals surface area contributed by atoms with E-state index in [9.17, 15) is 4.79 Å². The molecule has 108 valence electrons. The van der Waals surface area contributed by atoms with Gasteiger partial charge < -0.3 is 10.2 Å². The maximum atomic E-state index is 12.9. The van der Waals surface area contributed by atoms with E-state index in [4.69, 9.17) is 0 Å². The normalized spacial score (nSPS) is 29.9. The molecule has 2 aliphatic rings. The topological polar surface area (TPSA) is 32.3 Å². The summed E-state index contributed by atoms with van der Waals surface area (Å²) in [7, 11) is 0. The summed E-state index contributed by atoms with van der Waals surface area (Å²) >= 11 is 0. The average Bonchev–Trinajstić information content (AvgIpc) is 2.48. The van der Waals surface area contributed by atoms with Gasteiger partial charge in [-0.2, -0.15) is 0 Å². The summed E-state index contributed by atoms with van der Waals surface area (Å²) in [6.45, 7) is 6.22. The molecule has 0 bridgehead atoms. The van der Waals surface area contributed by atoms with Crippen LogP contribution in [0.15, 0.2) is 24.3 Å². The first kappa shape index (κ1) is 13.6. The summed E-state index contributed by atoms with van der Waals surface area (Å²) in [6, 6.07) is 8.58. The number of nitrogens with one attached hydrogen (secondary N) is 1. The van der Waals surface area contributed by atoms with Gasteiger partial charge >= 0.3 is 0 Å². The standard InChI is InChI=1S/C17H24N2O/c1-12-7-8-13(2)19(11-12)17(20)16-15-6-4-3-5-14(15)9-10-18-16/h3-6,12-13,16,18H,7-11H2,1-2H3. The number of hydrogen-bond donors (Lipinski definition) is 1. The van der Waals surface area contributed by atoms with Crippen LogP contribution in [0.4, 0.5) is 0 Å². The Morgan fingerprint density at radius 1 is 1.25 bits per heavy atom. The molecule has 0 radical (unpaired) electrons. The van der Waals surface area contributed by atoms with Crippen LogP contribution in [0.3, 0.4) is 0 Å². The van der Waals surface area contributed by atoms with Crippen molar-refractivity contribution < 1.29 is 4.79 Å². The van der Waals surface area contributed by atoms with Crippen molar-refractivity contribution >= 4 is 5.91 Å². The van der Waals surface area contributed by atoms with E-state index in [0.29, 0.717) is 12.0 Å². The maximum Gasteiger partial charge on any atom is 0.244 e. The minimum Gasteiger partial charge on any atom is -0.338 e. The van der Waals surface area contributed by atoms with Crippen molar-refractivity contribution in [2.24, 2.45) is 5.92 Å². The van der Waals surface area contributed by atoms with E-state index >= 15 is 0 Å². The molecule has 1 aromatic rings. The van der Waals surface area contributed by atoms with Crippen LogP contribution in [-0.4, -0.2) is 29.9 Å². The molecule has 1 fully saturated rings. The minimum atomic E-state index is -0.146. The summed E-state index contributed by atoms with van der Waals surface area (Å²) in [5.74, 6) is 0.880. The smallest absolute Gasteiger partial charge is 0.244 e. The fourth-order valence-corrected chi connectivity index (χ4v) is 3.49. The molecule has 3 unspecified atom stereocenters. The van der Waals surface area contributed by atoms with E-state index in [1.807, 2.05) is 6.07 Å². The summed E-state index contributed by atoms with van der Waals surface area (Å²) in [5, 5.41) is 3.42. The molecule has 3 rings (SSSR count). The average molecular weight is 272 g/mol. The van der Waals surface area contributed by atoms with Crippen molar-refractivity contribution in [2.75, 3.05) is 13.1 Å². The molecule has 1 saturated heterocycles. The Kier molecular flexibility index (Phi) is 3.79. The molecule has 2 aliphatic heterocycles. The van der Waals surface area contributed by atoms with Gasteiger partial charge in [-0.15, -0.1) is 0 Å². The van der Waals surface area contributed by atoms with E-state index in [1.165, 1.54) is 17.5 Å². The van der Waals surface area contributed by atoms with E-state index in [2.05, 4.69) is 42.3 Å². The molecule has 1 aromatic carbocycles. The van der Waals surface area contributed by atoms with Crippen molar-refractivity contribution in [3.05, 3.63) is 35.4 Å². The van der Waals surface area contributed by atoms with Crippen LogP contribution in [0.5, 0.6) is 0 Å². The molecule has 0 saturated carbocycles. The predicted molar refractivity (Wildman–Crippen MR) is 80.5 cm³/mol. The highest BCUT2D eigenvalue weighted by molar-refractivity contribution is 5.84. The lowest BCUT2D eigenvalue weighted by Crippen LogP contribution is -2.50. The molecular formula is C17H24N2O. The third-order valence-corrected chi connectivity index (χ3v) is 4.76. The molecule has 20 heavy (non-hydrogen) atoms. The van der Waals surface area contributed by atoms with Crippen LogP contribution in [0.25, 0.3) is 0 Å². The summed E-state index contributed by atoms with van der Waals surface area (Å²) in [4.78, 5) is 15.0. The van der Waals surface area contributed by atoms with Gasteiger partial charge in [-0.1, -0.05) is 31.2 Å². The zero-order valence-corrected chi connectivity index (χ0v) is 12.4. The lowest BCUT2D eigenvalue weighted by atomic mass is 9.90. The monoisotopic (exact) mass is 272 g/mol. The molecule has 2 heterocycles. The Balaban J connectivity index is 1.84. The van der Waals surface area contributed by atoms with Crippen molar-refractivity contribution in [3.8, 4) is 0 Å². The van der Waals surface area contributed by atoms with Crippen molar-refractivity contribution in [2.45, 2.75) is 45.2 Å². The second-order valence-electron chi connectivity index (χ2n) is 6.36. The van der Waals surface area contributed by atoms with Crippen LogP contribution in [0, 0.1) is 5.92 Å². The van der Waals surface area contributed by atoms with Crippen LogP contribution < -0.4 is 5.32 Å². The highest BCUT2D eigenvalue weighted by Gasteiger charge is 2.34. The number of fused-ring (bicyclic) bond motifs is 1. The fourth-order valence-electron chi connectivity index (χ4n) is 3.49. The highest BCUT2D eigenvalue weighted by Crippen LogP contribution is 2.28. The summed E-state index contributed by atoms with van der Waals surface area (Å²) in [6.07, 6.45) is 3.38. The molecule has 3 heteroatoms. The molecule has 3 atom stereocenters. The Morgan fingerprint density at radius 2 is 2.05 bits per heavy atom. The van der Waals surface area contributed by atoms with Gasteiger partial charge in [-0.3, -0.25) is 4.79 Å². The van der Waals surface area contributed by atoms with Crippen molar-refractivity contribution in [3.63, 3.8) is 0 Å². The number of benzene rings is 1. The van der Waals surface area contributed by atoms with Gasteiger partial charge in [0.05, 0.1) is 0 Å². The number of piperidine rings is 1. The number of amides is 1. The number of carbonyl (C=O) groups excluding carboxylic acids is 1. The first-order chi connectivity index (χ1) is 9.66. The van der Waals surface area contributed by atoms with Crippen LogP contribution >= 0.6 is 0 Å². The Bertz CT molecular complexity index is 500. The van der Waals surface area contributed by atoms with E-state index < -0.39 is 0 Å². The quantitative estimate of drug-likeness (QED) is 0.852. The van der Waals surface area contributed by atoms with E-state index in [1.54, 1.807) is 0 Å². The SMILES string of the molecule is CC1CCC(C)N(C(=O)C2NCCc3ccccc32)C1. The Hall–Kier alpha value is -1.35. The second kappa shape index (κ2) is 5.57. The van der Waals surface area contributed by atoms with Gasteiger partial charge in [0.15, 0.2) is 0 Å². The molecule has 0 aromatic heterocycles. The van der Waals surface area contributed by atoms with Crippen molar-refractivity contribution in [1.82, 2.24) is 10.2 Å². The van der Waals surface area contributed by atoms with Crippen molar-refractivity contribution in [1.29, 1.82) is 0 Å².